The number of ether oxygens (including phenoxy) is 1. The SMILES string of the molecule is CCC(=O)NC(CC(C)C)C(=O)N[C@@H](Cc1ccccc1)C(=O)N[C@@H](CC(C)C)C(=O)[C@@]1(C)CO1. The quantitative estimate of drug-likeness (QED) is 0.349. The molecule has 0 radical (unpaired) electrons. The lowest BCUT2D eigenvalue weighted by Crippen LogP contribution is -2.57. The van der Waals surface area contributed by atoms with Crippen LogP contribution >= 0.6 is 0 Å². The van der Waals surface area contributed by atoms with Crippen LogP contribution in [0.25, 0.3) is 0 Å². The smallest absolute Gasteiger partial charge is 0.243 e. The van der Waals surface area contributed by atoms with Crippen LogP contribution in [0.2, 0.25) is 0 Å². The van der Waals surface area contributed by atoms with Gasteiger partial charge in [0.15, 0.2) is 5.78 Å². The van der Waals surface area contributed by atoms with Gasteiger partial charge in [0.1, 0.15) is 17.7 Å². The van der Waals surface area contributed by atoms with Gasteiger partial charge in [-0.3, -0.25) is 19.2 Å². The lowest BCUT2D eigenvalue weighted by atomic mass is 9.93. The molecule has 8 heteroatoms. The number of carbonyl (C=O) groups excluding carboxylic acids is 4. The molecular formula is C27H41N3O5. The van der Waals surface area contributed by atoms with E-state index in [9.17, 15) is 19.2 Å². The van der Waals surface area contributed by atoms with E-state index in [1.165, 1.54) is 0 Å². The molecule has 35 heavy (non-hydrogen) atoms. The molecule has 0 saturated carbocycles. The van der Waals surface area contributed by atoms with Crippen molar-refractivity contribution < 1.29 is 23.9 Å². The fourth-order valence-corrected chi connectivity index (χ4v) is 3.92. The van der Waals surface area contributed by atoms with Gasteiger partial charge in [-0.25, -0.2) is 0 Å². The van der Waals surface area contributed by atoms with Crippen LogP contribution in [0.1, 0.15) is 66.4 Å². The zero-order chi connectivity index (χ0) is 26.2. The van der Waals surface area contributed by atoms with Gasteiger partial charge < -0.3 is 20.7 Å². The van der Waals surface area contributed by atoms with Crippen molar-refractivity contribution in [1.82, 2.24) is 16.0 Å². The number of Topliss-reactive ketones (excluding diaryl/α,β-unsaturated/α-hetero) is 1. The third kappa shape index (κ3) is 9.09. The van der Waals surface area contributed by atoms with Gasteiger partial charge in [-0.05, 0) is 37.2 Å². The van der Waals surface area contributed by atoms with Crippen molar-refractivity contribution in [2.75, 3.05) is 6.61 Å². The Morgan fingerprint density at radius 3 is 1.89 bits per heavy atom. The standard InChI is InChI=1S/C27H41N3O5/c1-7-23(31)28-21(14-18(4)5)25(33)30-22(15-19-11-9-8-10-12-19)26(34)29-20(13-17(2)3)24(32)27(6)16-35-27/h8-12,17-18,20-22H,7,13-16H2,1-6H3,(H,28,31)(H,29,34)(H,30,33)/t20-,21?,22-,27+/m0/s1. The Morgan fingerprint density at radius 1 is 0.857 bits per heavy atom. The summed E-state index contributed by atoms with van der Waals surface area (Å²) in [6.45, 7) is 11.7. The van der Waals surface area contributed by atoms with Gasteiger partial charge in [0.25, 0.3) is 0 Å². The molecule has 1 heterocycles. The first kappa shape index (κ1) is 28.5. The Balaban J connectivity index is 2.24. The third-order valence-corrected chi connectivity index (χ3v) is 6.03. The lowest BCUT2D eigenvalue weighted by molar-refractivity contribution is -0.134. The van der Waals surface area contributed by atoms with Crippen molar-refractivity contribution in [1.29, 1.82) is 0 Å². The van der Waals surface area contributed by atoms with Gasteiger partial charge in [0.05, 0.1) is 12.6 Å². The maximum atomic E-state index is 13.4. The summed E-state index contributed by atoms with van der Waals surface area (Å²) in [6.07, 6.45) is 1.43. The van der Waals surface area contributed by atoms with Crippen molar-refractivity contribution >= 4 is 23.5 Å². The van der Waals surface area contributed by atoms with Crippen molar-refractivity contribution in [2.45, 2.75) is 91.0 Å². The minimum Gasteiger partial charge on any atom is -0.361 e. The molecule has 194 valence electrons. The van der Waals surface area contributed by atoms with Crippen LogP contribution in [-0.2, 0) is 30.3 Å². The molecular weight excluding hydrogens is 446 g/mol. The normalized spacial score (nSPS) is 19.5. The molecule has 0 aromatic heterocycles. The van der Waals surface area contributed by atoms with E-state index >= 15 is 0 Å². The molecule has 0 bridgehead atoms. The summed E-state index contributed by atoms with van der Waals surface area (Å²) in [5, 5.41) is 8.49. The van der Waals surface area contributed by atoms with Crippen molar-refractivity contribution in [3.63, 3.8) is 0 Å². The molecule has 3 amide bonds. The largest absolute Gasteiger partial charge is 0.361 e. The Hall–Kier alpha value is -2.74. The van der Waals surface area contributed by atoms with E-state index in [1.807, 2.05) is 58.0 Å². The fourth-order valence-electron chi connectivity index (χ4n) is 3.92. The van der Waals surface area contributed by atoms with Crippen molar-refractivity contribution in [3.05, 3.63) is 35.9 Å². The number of amides is 3. The summed E-state index contributed by atoms with van der Waals surface area (Å²) < 4.78 is 5.33. The average Bonchev–Trinajstić information content (AvgIpc) is 3.55. The average molecular weight is 488 g/mol. The Morgan fingerprint density at radius 2 is 1.37 bits per heavy atom. The highest BCUT2D eigenvalue weighted by molar-refractivity contribution is 5.98. The first-order valence-electron chi connectivity index (χ1n) is 12.6. The second kappa shape index (κ2) is 12.8. The predicted molar refractivity (Wildman–Crippen MR) is 135 cm³/mol. The Kier molecular flexibility index (Phi) is 10.4. The molecule has 1 aromatic rings. The van der Waals surface area contributed by atoms with Crippen LogP contribution in [-0.4, -0.2) is 53.8 Å². The van der Waals surface area contributed by atoms with E-state index in [0.29, 0.717) is 19.4 Å². The van der Waals surface area contributed by atoms with Gasteiger partial charge in [-0.15, -0.1) is 0 Å². The first-order valence-corrected chi connectivity index (χ1v) is 12.6. The summed E-state index contributed by atoms with van der Waals surface area (Å²) in [6, 6.07) is 7.01. The van der Waals surface area contributed by atoms with Crippen molar-refractivity contribution in [2.24, 2.45) is 11.8 Å². The highest BCUT2D eigenvalue weighted by Gasteiger charge is 2.50. The Labute approximate surface area is 208 Å². The number of benzene rings is 1. The molecule has 1 unspecified atom stereocenters. The number of epoxide rings is 1. The molecule has 0 spiro atoms. The topological polar surface area (TPSA) is 117 Å². The minimum atomic E-state index is -0.909. The second-order valence-electron chi connectivity index (χ2n) is 10.4. The van der Waals surface area contributed by atoms with Crippen molar-refractivity contribution in [3.8, 4) is 0 Å². The van der Waals surface area contributed by atoms with E-state index < -0.39 is 35.5 Å². The summed E-state index contributed by atoms with van der Waals surface area (Å²) in [5.74, 6) is -0.895. The highest BCUT2D eigenvalue weighted by Crippen LogP contribution is 2.29. The number of nitrogens with one attached hydrogen (secondary N) is 3. The molecule has 1 fully saturated rings. The number of hydrogen-bond donors (Lipinski definition) is 3. The molecule has 1 aromatic carbocycles. The molecule has 1 aliphatic rings. The monoisotopic (exact) mass is 487 g/mol. The molecule has 2 rings (SSSR count). The maximum Gasteiger partial charge on any atom is 0.243 e. The molecule has 1 saturated heterocycles. The Bertz CT molecular complexity index is 880. The van der Waals surface area contributed by atoms with Crippen LogP contribution in [0.3, 0.4) is 0 Å². The molecule has 4 atom stereocenters. The van der Waals surface area contributed by atoms with Crippen LogP contribution in [0, 0.1) is 11.8 Å². The highest BCUT2D eigenvalue weighted by atomic mass is 16.6. The van der Waals surface area contributed by atoms with Gasteiger partial charge in [-0.1, -0.05) is 65.0 Å². The first-order chi connectivity index (χ1) is 16.4. The number of carbonyl (C=O) groups is 4. The van der Waals surface area contributed by atoms with Gasteiger partial charge in [-0.2, -0.15) is 0 Å². The summed E-state index contributed by atoms with van der Waals surface area (Å²) in [4.78, 5) is 51.7. The molecule has 0 aliphatic carbocycles. The van der Waals surface area contributed by atoms with E-state index in [2.05, 4.69) is 16.0 Å². The molecule has 1 aliphatic heterocycles. The predicted octanol–water partition coefficient (Wildman–Crippen LogP) is 2.54. The van der Waals surface area contributed by atoms with Gasteiger partial charge in [0.2, 0.25) is 17.7 Å². The maximum absolute atomic E-state index is 13.4. The second-order valence-corrected chi connectivity index (χ2v) is 10.4. The fraction of sp³-hybridized carbons (Fsp3) is 0.630. The van der Waals surface area contributed by atoms with E-state index in [4.69, 9.17) is 4.74 Å². The number of hydrogen-bond acceptors (Lipinski definition) is 5. The van der Waals surface area contributed by atoms with Crippen LogP contribution in [0.15, 0.2) is 30.3 Å². The van der Waals surface area contributed by atoms with Gasteiger partial charge in [0, 0.05) is 12.8 Å². The van der Waals surface area contributed by atoms with E-state index in [0.717, 1.165) is 5.56 Å². The van der Waals surface area contributed by atoms with Crippen LogP contribution in [0.4, 0.5) is 0 Å². The zero-order valence-corrected chi connectivity index (χ0v) is 21.9. The van der Waals surface area contributed by atoms with E-state index in [1.54, 1.807) is 13.8 Å². The van der Waals surface area contributed by atoms with Crippen LogP contribution < -0.4 is 16.0 Å². The summed E-state index contributed by atoms with van der Waals surface area (Å²) >= 11 is 0. The number of rotatable bonds is 14. The zero-order valence-electron chi connectivity index (χ0n) is 21.9. The number of ketones is 1. The summed E-state index contributed by atoms with van der Waals surface area (Å²) in [7, 11) is 0. The molecule has 8 nitrogen and oxygen atoms in total. The van der Waals surface area contributed by atoms with E-state index in [-0.39, 0.29) is 36.4 Å². The third-order valence-electron chi connectivity index (χ3n) is 6.03. The van der Waals surface area contributed by atoms with Gasteiger partial charge >= 0.3 is 0 Å². The van der Waals surface area contributed by atoms with Crippen LogP contribution in [0.5, 0.6) is 0 Å². The minimum absolute atomic E-state index is 0.155. The lowest BCUT2D eigenvalue weighted by Gasteiger charge is -2.27. The molecule has 3 N–H and O–H groups in total. The summed E-state index contributed by atoms with van der Waals surface area (Å²) in [5.41, 5.74) is 0.00725.